The molecule has 6 nitrogen and oxygen atoms in total. The number of thiazole rings is 1. The molecule has 1 rings (SSSR count). The molecule has 0 aromatic carbocycles. The Kier molecular flexibility index (Phi) is 9.49. The van der Waals surface area contributed by atoms with Crippen molar-refractivity contribution in [1.82, 2.24) is 15.6 Å². The highest BCUT2D eigenvalue weighted by Gasteiger charge is 2.19. The van der Waals surface area contributed by atoms with Crippen molar-refractivity contribution >= 4 is 23.3 Å². The van der Waals surface area contributed by atoms with E-state index in [1.807, 2.05) is 13.8 Å². The summed E-state index contributed by atoms with van der Waals surface area (Å²) in [5.74, 6) is 1.20. The lowest BCUT2D eigenvalue weighted by Crippen LogP contribution is -2.39. The van der Waals surface area contributed by atoms with Crippen molar-refractivity contribution in [2.75, 3.05) is 20.2 Å². The standard InChI is InChI=1S/C18H32N4O2S/c1-7-24-17(23)15-13(4)21-16(25-15)14(5)22-18(19-6)20-11-9-8-10-12(2)3/h12,14H,7-11H2,1-6H3,(H2,19,20,22). The first-order valence-electron chi connectivity index (χ1n) is 9.00. The predicted octanol–water partition coefficient (Wildman–Crippen LogP) is 3.68. The third kappa shape index (κ3) is 7.42. The van der Waals surface area contributed by atoms with Crippen molar-refractivity contribution in [1.29, 1.82) is 0 Å². The number of ether oxygens (including phenoxy) is 1. The molecule has 0 fully saturated rings. The van der Waals surface area contributed by atoms with Crippen LogP contribution in [0.3, 0.4) is 0 Å². The normalized spacial score (nSPS) is 13.0. The summed E-state index contributed by atoms with van der Waals surface area (Å²) in [5.41, 5.74) is 0.712. The summed E-state index contributed by atoms with van der Waals surface area (Å²) < 4.78 is 5.07. The highest BCUT2D eigenvalue weighted by Crippen LogP contribution is 2.24. The number of hydrogen-bond acceptors (Lipinski definition) is 5. The maximum atomic E-state index is 11.9. The molecule has 0 aliphatic carbocycles. The van der Waals surface area contributed by atoms with Gasteiger partial charge in [0.25, 0.3) is 0 Å². The number of hydrogen-bond donors (Lipinski definition) is 2. The number of nitrogens with one attached hydrogen (secondary N) is 2. The number of aryl methyl sites for hydroxylation is 1. The van der Waals surface area contributed by atoms with Crippen molar-refractivity contribution in [2.24, 2.45) is 10.9 Å². The fourth-order valence-electron chi connectivity index (χ4n) is 2.33. The zero-order chi connectivity index (χ0) is 18.8. The Morgan fingerprint density at radius 3 is 2.64 bits per heavy atom. The lowest BCUT2D eigenvalue weighted by Gasteiger charge is -2.16. The highest BCUT2D eigenvalue weighted by molar-refractivity contribution is 7.13. The zero-order valence-electron chi connectivity index (χ0n) is 16.3. The molecule has 1 heterocycles. The van der Waals surface area contributed by atoms with Gasteiger partial charge < -0.3 is 15.4 Å². The number of carbonyl (C=O) groups is 1. The highest BCUT2D eigenvalue weighted by atomic mass is 32.1. The zero-order valence-corrected chi connectivity index (χ0v) is 17.1. The van der Waals surface area contributed by atoms with Crippen molar-refractivity contribution in [3.63, 3.8) is 0 Å². The second-order valence-corrected chi connectivity index (χ2v) is 7.47. The Labute approximate surface area is 155 Å². The van der Waals surface area contributed by atoms with E-state index in [0.717, 1.165) is 29.9 Å². The molecular weight excluding hydrogens is 336 g/mol. The number of nitrogens with zero attached hydrogens (tertiary/aromatic N) is 2. The summed E-state index contributed by atoms with van der Waals surface area (Å²) in [7, 11) is 1.76. The maximum Gasteiger partial charge on any atom is 0.350 e. The number of aromatic nitrogens is 1. The summed E-state index contributed by atoms with van der Waals surface area (Å²) in [6.45, 7) is 11.4. The molecule has 7 heteroatoms. The van der Waals surface area contributed by atoms with Gasteiger partial charge in [-0.25, -0.2) is 9.78 Å². The second kappa shape index (κ2) is 11.1. The minimum Gasteiger partial charge on any atom is -0.462 e. The minimum absolute atomic E-state index is 0.0336. The van der Waals surface area contributed by atoms with E-state index in [1.54, 1.807) is 14.0 Å². The van der Waals surface area contributed by atoms with Gasteiger partial charge in [-0.2, -0.15) is 0 Å². The fraction of sp³-hybridized carbons (Fsp3) is 0.722. The van der Waals surface area contributed by atoms with Crippen LogP contribution in [0.15, 0.2) is 4.99 Å². The number of guanidine groups is 1. The van der Waals surface area contributed by atoms with Gasteiger partial charge in [-0.15, -0.1) is 11.3 Å². The lowest BCUT2D eigenvalue weighted by atomic mass is 10.1. The Morgan fingerprint density at radius 1 is 1.32 bits per heavy atom. The van der Waals surface area contributed by atoms with Crippen molar-refractivity contribution in [3.05, 3.63) is 15.6 Å². The molecule has 142 valence electrons. The molecule has 1 aromatic rings. The van der Waals surface area contributed by atoms with Gasteiger partial charge in [0.2, 0.25) is 0 Å². The fourth-order valence-corrected chi connectivity index (χ4v) is 3.30. The van der Waals surface area contributed by atoms with Gasteiger partial charge in [0.1, 0.15) is 9.88 Å². The van der Waals surface area contributed by atoms with E-state index in [4.69, 9.17) is 4.74 Å². The summed E-state index contributed by atoms with van der Waals surface area (Å²) in [5, 5.41) is 7.51. The van der Waals surface area contributed by atoms with E-state index in [-0.39, 0.29) is 12.0 Å². The van der Waals surface area contributed by atoms with E-state index < -0.39 is 0 Å². The predicted molar refractivity (Wildman–Crippen MR) is 104 cm³/mol. The molecule has 0 radical (unpaired) electrons. The molecular formula is C18H32N4O2S. The molecule has 0 saturated heterocycles. The Hall–Kier alpha value is -1.63. The topological polar surface area (TPSA) is 75.6 Å². The number of carbonyl (C=O) groups excluding carboxylic acids is 1. The first kappa shape index (κ1) is 21.4. The smallest absolute Gasteiger partial charge is 0.350 e. The summed E-state index contributed by atoms with van der Waals surface area (Å²) in [6, 6.07) is -0.0336. The molecule has 25 heavy (non-hydrogen) atoms. The van der Waals surface area contributed by atoms with Gasteiger partial charge in [-0.1, -0.05) is 26.7 Å². The van der Waals surface area contributed by atoms with Crippen molar-refractivity contribution < 1.29 is 9.53 Å². The molecule has 0 spiro atoms. The van der Waals surface area contributed by atoms with Crippen LogP contribution in [0.5, 0.6) is 0 Å². The SMILES string of the molecule is CCOC(=O)c1sc(C(C)NC(=NC)NCCCCC(C)C)nc1C. The van der Waals surface area contributed by atoms with Gasteiger partial charge in [-0.3, -0.25) is 4.99 Å². The largest absolute Gasteiger partial charge is 0.462 e. The average molecular weight is 369 g/mol. The monoisotopic (exact) mass is 368 g/mol. The van der Waals surface area contributed by atoms with E-state index in [9.17, 15) is 4.79 Å². The van der Waals surface area contributed by atoms with Gasteiger partial charge in [0.05, 0.1) is 18.3 Å². The quantitative estimate of drug-likeness (QED) is 0.301. The number of esters is 1. The van der Waals surface area contributed by atoms with Crippen LogP contribution in [0.25, 0.3) is 0 Å². The van der Waals surface area contributed by atoms with Crippen LogP contribution in [0.2, 0.25) is 0 Å². The summed E-state index contributed by atoms with van der Waals surface area (Å²) in [4.78, 5) is 21.3. The van der Waals surface area contributed by atoms with Crippen LogP contribution in [-0.2, 0) is 4.74 Å². The Bertz CT molecular complexity index is 569. The first-order chi connectivity index (χ1) is 11.9. The van der Waals surface area contributed by atoms with Crippen molar-refractivity contribution in [3.8, 4) is 0 Å². The van der Waals surface area contributed by atoms with Crippen LogP contribution in [-0.4, -0.2) is 37.1 Å². The van der Waals surface area contributed by atoms with Crippen LogP contribution in [0, 0.1) is 12.8 Å². The van der Waals surface area contributed by atoms with E-state index in [0.29, 0.717) is 17.2 Å². The molecule has 1 atom stereocenters. The van der Waals surface area contributed by atoms with Crippen molar-refractivity contribution in [2.45, 2.75) is 59.9 Å². The summed E-state index contributed by atoms with van der Waals surface area (Å²) >= 11 is 1.37. The molecule has 1 unspecified atom stereocenters. The Balaban J connectivity index is 2.54. The summed E-state index contributed by atoms with van der Waals surface area (Å²) in [6.07, 6.45) is 3.58. The molecule has 0 aliphatic rings. The van der Waals surface area contributed by atoms with E-state index in [2.05, 4.69) is 34.5 Å². The molecule has 0 amide bonds. The number of aliphatic imine (C=N–C) groups is 1. The van der Waals surface area contributed by atoms with Crippen LogP contribution in [0.4, 0.5) is 0 Å². The third-order valence-corrected chi connectivity index (χ3v) is 5.04. The number of unbranched alkanes of at least 4 members (excludes halogenated alkanes) is 1. The molecule has 1 aromatic heterocycles. The van der Waals surface area contributed by atoms with Crippen LogP contribution >= 0.6 is 11.3 Å². The Morgan fingerprint density at radius 2 is 2.04 bits per heavy atom. The van der Waals surface area contributed by atoms with E-state index >= 15 is 0 Å². The average Bonchev–Trinajstić information content (AvgIpc) is 2.95. The van der Waals surface area contributed by atoms with Gasteiger partial charge in [0.15, 0.2) is 5.96 Å². The molecule has 0 saturated carbocycles. The minimum atomic E-state index is -0.302. The molecule has 2 N–H and O–H groups in total. The van der Waals surface area contributed by atoms with Crippen LogP contribution < -0.4 is 10.6 Å². The number of rotatable bonds is 9. The lowest BCUT2D eigenvalue weighted by molar-refractivity contribution is 0.0531. The molecule has 0 bridgehead atoms. The van der Waals surface area contributed by atoms with Gasteiger partial charge in [-0.05, 0) is 33.1 Å². The third-order valence-electron chi connectivity index (χ3n) is 3.72. The van der Waals surface area contributed by atoms with E-state index in [1.165, 1.54) is 24.2 Å². The molecule has 0 aliphatic heterocycles. The second-order valence-electron chi connectivity index (χ2n) is 6.44. The maximum absolute atomic E-state index is 11.9. The van der Waals surface area contributed by atoms with Gasteiger partial charge in [0, 0.05) is 13.6 Å². The first-order valence-corrected chi connectivity index (χ1v) is 9.82. The van der Waals surface area contributed by atoms with Crippen LogP contribution in [0.1, 0.15) is 73.4 Å². The van der Waals surface area contributed by atoms with Gasteiger partial charge >= 0.3 is 5.97 Å².